The van der Waals surface area contributed by atoms with Crippen molar-refractivity contribution in [2.24, 2.45) is 0 Å². The van der Waals surface area contributed by atoms with Crippen molar-refractivity contribution in [3.05, 3.63) is 129 Å². The van der Waals surface area contributed by atoms with Crippen LogP contribution in [0.1, 0.15) is 58.4 Å². The first-order chi connectivity index (χ1) is 25.5. The molecule has 0 amide bonds. The highest BCUT2D eigenvalue weighted by Gasteiger charge is 2.58. The van der Waals surface area contributed by atoms with Crippen LogP contribution in [0.15, 0.2) is 84.9 Å². The Hall–Kier alpha value is -5.62. The van der Waals surface area contributed by atoms with E-state index < -0.39 is 21.2 Å². The van der Waals surface area contributed by atoms with E-state index in [4.69, 9.17) is 9.68 Å². The average molecular weight is 747 g/mol. The molecule has 0 aliphatic carbocycles. The molecule has 4 unspecified atom stereocenters. The standard InChI is InChI=1S/C44H52N6O4.H2O/c1-27-15-11-16-28(2)39(27)47-35(9)25-49(43(47)45,41-31(5)19-13-20-32(41)6)53-37(51)23-24-38(52)54-50(42-33(7)21-14-22-34(42)8)26-36(10)48(44(50)46)40-29(3)17-12-18-30(40)4;/h11-24,35-36,45-46H,25-26H2,1-10H3;1H2/q+2;/b24-23+,45-43?,46-44?;. The normalized spacial score (nSPS) is 22.3. The number of rotatable bonds is 8. The molecule has 288 valence electrons. The van der Waals surface area contributed by atoms with Gasteiger partial charge in [0.25, 0.3) is 0 Å². The topological polar surface area (TPSA) is 138 Å². The van der Waals surface area contributed by atoms with Gasteiger partial charge in [-0.25, -0.2) is 20.4 Å². The minimum Gasteiger partial charge on any atom is -0.412 e. The minimum absolute atomic E-state index is 0. The van der Waals surface area contributed by atoms with Gasteiger partial charge in [-0.1, -0.05) is 72.8 Å². The van der Waals surface area contributed by atoms with Crippen LogP contribution >= 0.6 is 0 Å². The Morgan fingerprint density at radius 3 is 1.07 bits per heavy atom. The van der Waals surface area contributed by atoms with E-state index >= 15 is 0 Å². The second-order valence-corrected chi connectivity index (χ2v) is 15.0. The fourth-order valence-corrected chi connectivity index (χ4v) is 8.77. The summed E-state index contributed by atoms with van der Waals surface area (Å²) in [6, 6.07) is 23.4. The molecule has 2 aliphatic heterocycles. The van der Waals surface area contributed by atoms with E-state index in [-0.39, 0.29) is 42.6 Å². The zero-order chi connectivity index (χ0) is 39.3. The summed E-state index contributed by atoms with van der Waals surface area (Å²) in [6.07, 6.45) is 2.15. The van der Waals surface area contributed by atoms with Crippen LogP contribution in [0, 0.1) is 66.2 Å². The average Bonchev–Trinajstić information content (AvgIpc) is 3.47. The molecular weight excluding hydrogens is 693 g/mol. The predicted molar refractivity (Wildman–Crippen MR) is 221 cm³/mol. The first-order valence-electron chi connectivity index (χ1n) is 18.5. The van der Waals surface area contributed by atoms with Crippen molar-refractivity contribution in [1.29, 1.82) is 10.8 Å². The molecule has 11 nitrogen and oxygen atoms in total. The molecule has 2 heterocycles. The monoisotopic (exact) mass is 746 g/mol. The van der Waals surface area contributed by atoms with Crippen LogP contribution in [0.5, 0.6) is 0 Å². The fourth-order valence-electron chi connectivity index (χ4n) is 8.77. The molecule has 0 spiro atoms. The quantitative estimate of drug-likeness (QED) is 0.139. The highest BCUT2D eigenvalue weighted by molar-refractivity contribution is 6.08. The summed E-state index contributed by atoms with van der Waals surface area (Å²) in [5, 5.41) is 19.3. The van der Waals surface area contributed by atoms with Gasteiger partial charge in [-0.15, -0.1) is 0 Å². The van der Waals surface area contributed by atoms with Crippen molar-refractivity contribution in [2.75, 3.05) is 22.9 Å². The molecule has 2 aliphatic rings. The van der Waals surface area contributed by atoms with Gasteiger partial charge in [0.05, 0.1) is 23.5 Å². The lowest BCUT2D eigenvalue weighted by Gasteiger charge is -2.31. The third-order valence-corrected chi connectivity index (χ3v) is 10.9. The van der Waals surface area contributed by atoms with Gasteiger partial charge in [0.1, 0.15) is 0 Å². The van der Waals surface area contributed by atoms with Crippen molar-refractivity contribution in [3.8, 4) is 0 Å². The number of carbonyl (C=O) groups is 2. The molecule has 0 radical (unpaired) electrons. The molecule has 0 bridgehead atoms. The highest BCUT2D eigenvalue weighted by atomic mass is 16.8. The summed E-state index contributed by atoms with van der Waals surface area (Å²) < 4.78 is -0.943. The van der Waals surface area contributed by atoms with E-state index in [1.54, 1.807) is 0 Å². The van der Waals surface area contributed by atoms with E-state index in [1.165, 1.54) is 0 Å². The number of anilines is 2. The molecule has 2 fully saturated rings. The van der Waals surface area contributed by atoms with Crippen molar-refractivity contribution < 1.29 is 24.7 Å². The summed E-state index contributed by atoms with van der Waals surface area (Å²) in [7, 11) is 0. The van der Waals surface area contributed by atoms with Crippen LogP contribution in [0.3, 0.4) is 0 Å². The number of quaternary nitrogens is 2. The maximum Gasteiger partial charge on any atom is 0.391 e. The lowest BCUT2D eigenvalue weighted by molar-refractivity contribution is -0.165. The van der Waals surface area contributed by atoms with E-state index in [1.807, 2.05) is 152 Å². The molecule has 11 heteroatoms. The largest absolute Gasteiger partial charge is 0.412 e. The number of para-hydroxylation sites is 4. The molecule has 6 rings (SSSR count). The number of hydrogen-bond donors (Lipinski definition) is 2. The second kappa shape index (κ2) is 15.3. The Morgan fingerprint density at radius 1 is 0.545 bits per heavy atom. The SMILES string of the molecule is Cc1cccc(C)c1N1C(=N)[N+](OC(=O)/C=C/C(=O)O[N+]2(c3c(C)cccc3C)CC(C)N(c3c(C)cccc3C)C2=N)(c2c(C)cccc2C)CC1C.O. The van der Waals surface area contributed by atoms with Gasteiger partial charge in [-0.05, 0) is 101 Å². The van der Waals surface area contributed by atoms with Crippen LogP contribution in [-0.2, 0) is 19.3 Å². The smallest absolute Gasteiger partial charge is 0.391 e. The van der Waals surface area contributed by atoms with Gasteiger partial charge >= 0.3 is 23.9 Å². The Labute approximate surface area is 324 Å². The summed E-state index contributed by atoms with van der Waals surface area (Å²) in [5.41, 5.74) is 10.8. The summed E-state index contributed by atoms with van der Waals surface area (Å²) in [4.78, 5) is 44.5. The van der Waals surface area contributed by atoms with Crippen molar-refractivity contribution >= 4 is 46.6 Å². The lowest BCUT2D eigenvalue weighted by atomic mass is 10.1. The van der Waals surface area contributed by atoms with Gasteiger partial charge in [-0.3, -0.25) is 19.5 Å². The van der Waals surface area contributed by atoms with Gasteiger partial charge in [0.15, 0.2) is 24.5 Å². The zero-order valence-corrected chi connectivity index (χ0v) is 33.6. The van der Waals surface area contributed by atoms with Crippen molar-refractivity contribution in [1.82, 2.24) is 9.29 Å². The summed E-state index contributed by atoms with van der Waals surface area (Å²) in [6.45, 7) is 20.5. The van der Waals surface area contributed by atoms with Crippen molar-refractivity contribution in [2.45, 2.75) is 81.3 Å². The maximum absolute atomic E-state index is 14.0. The van der Waals surface area contributed by atoms with E-state index in [0.29, 0.717) is 11.4 Å². The van der Waals surface area contributed by atoms with Crippen LogP contribution in [0.2, 0.25) is 0 Å². The van der Waals surface area contributed by atoms with Gasteiger partial charge in [0.2, 0.25) is 0 Å². The Morgan fingerprint density at radius 2 is 0.800 bits per heavy atom. The zero-order valence-electron chi connectivity index (χ0n) is 33.6. The number of guanidine groups is 2. The molecule has 4 N–H and O–H groups in total. The molecule has 4 aromatic rings. The van der Waals surface area contributed by atoms with Crippen LogP contribution in [0.25, 0.3) is 0 Å². The number of benzene rings is 4. The number of hydrogen-bond acceptors (Lipinski definition) is 6. The first-order valence-corrected chi connectivity index (χ1v) is 18.5. The number of carbonyl (C=O) groups excluding carboxylic acids is 2. The predicted octanol–water partition coefficient (Wildman–Crippen LogP) is 7.80. The van der Waals surface area contributed by atoms with E-state index in [9.17, 15) is 20.4 Å². The van der Waals surface area contributed by atoms with Gasteiger partial charge in [0, 0.05) is 34.4 Å². The lowest BCUT2D eigenvalue weighted by Crippen LogP contribution is -2.55. The van der Waals surface area contributed by atoms with Crippen molar-refractivity contribution in [3.63, 3.8) is 0 Å². The van der Waals surface area contributed by atoms with Gasteiger partial charge < -0.3 is 5.48 Å². The minimum atomic E-state index is -0.796. The maximum atomic E-state index is 14.0. The van der Waals surface area contributed by atoms with E-state index in [0.717, 1.165) is 68.0 Å². The molecule has 4 aromatic carbocycles. The third-order valence-electron chi connectivity index (χ3n) is 10.9. The summed E-state index contributed by atoms with van der Waals surface area (Å²) in [5.74, 6) is -1.38. The number of aryl methyl sites for hydroxylation is 8. The van der Waals surface area contributed by atoms with Crippen LogP contribution in [-0.4, -0.2) is 54.5 Å². The Kier molecular flexibility index (Phi) is 11.2. The number of hydroxylamine groups is 4. The molecule has 4 atom stereocenters. The number of nitrogens with zero attached hydrogens (tertiary/aromatic N) is 4. The molecule has 2 saturated heterocycles. The van der Waals surface area contributed by atoms with E-state index in [2.05, 4.69) is 0 Å². The first kappa shape index (κ1) is 40.6. The van der Waals surface area contributed by atoms with Crippen LogP contribution in [0.4, 0.5) is 22.7 Å². The third kappa shape index (κ3) is 6.84. The second-order valence-electron chi connectivity index (χ2n) is 15.0. The Balaban J connectivity index is 0.00000580. The molecule has 0 saturated carbocycles. The summed E-state index contributed by atoms with van der Waals surface area (Å²) >= 11 is 0. The molecular formula is C44H54N6O5+2. The Bertz CT molecular complexity index is 2000. The van der Waals surface area contributed by atoms with Crippen LogP contribution < -0.4 is 19.1 Å². The fraction of sp³-hybridized carbons (Fsp3) is 0.318. The molecule has 55 heavy (non-hydrogen) atoms. The highest BCUT2D eigenvalue weighted by Crippen LogP contribution is 2.43. The van der Waals surface area contributed by atoms with Gasteiger partial charge in [-0.2, -0.15) is 0 Å². The number of nitrogens with one attached hydrogen (secondary N) is 2. The molecule has 0 aromatic heterocycles.